The quantitative estimate of drug-likeness (QED) is 0.138. The van der Waals surface area contributed by atoms with E-state index in [1.54, 1.807) is 0 Å². The molecule has 2 aliphatic rings. The summed E-state index contributed by atoms with van der Waals surface area (Å²) < 4.78 is 6.16. The van der Waals surface area contributed by atoms with Crippen molar-refractivity contribution in [2.45, 2.75) is 108 Å². The summed E-state index contributed by atoms with van der Waals surface area (Å²) in [6.45, 7) is 3.72. The minimum Gasteiger partial charge on any atom is -0.550 e. The third-order valence-electron chi connectivity index (χ3n) is 5.61. The number of rotatable bonds is 14. The zero-order valence-corrected chi connectivity index (χ0v) is 20.6. The van der Waals surface area contributed by atoms with Crippen LogP contribution < -0.4 is 34.7 Å². The second kappa shape index (κ2) is 17.2. The van der Waals surface area contributed by atoms with Gasteiger partial charge in [0, 0.05) is 12.4 Å². The number of unbranched alkanes of at least 4 members (excludes halogenated alkanes) is 5. The van der Waals surface area contributed by atoms with Crippen LogP contribution in [0.3, 0.4) is 0 Å². The topological polar surface area (TPSA) is 67.8 Å². The van der Waals surface area contributed by atoms with Gasteiger partial charge in [0.05, 0.1) is 18.3 Å². The van der Waals surface area contributed by atoms with Crippen LogP contribution in [0.25, 0.3) is 0 Å². The number of carboxylic acids is 1. The van der Waals surface area contributed by atoms with Crippen LogP contribution in [0, 0.1) is 0 Å². The van der Waals surface area contributed by atoms with E-state index in [0.29, 0.717) is 12.5 Å². The van der Waals surface area contributed by atoms with Crippen LogP contribution in [0.15, 0.2) is 37.0 Å². The maximum Gasteiger partial charge on any atom is 1.00 e. The van der Waals surface area contributed by atoms with Gasteiger partial charge < -0.3 is 14.6 Å². The van der Waals surface area contributed by atoms with Crippen molar-refractivity contribution in [3.63, 3.8) is 0 Å². The van der Waals surface area contributed by atoms with Crippen LogP contribution in [0.1, 0.15) is 83.5 Å². The van der Waals surface area contributed by atoms with Gasteiger partial charge in [-0.05, 0) is 57.8 Å². The molecule has 0 saturated carbocycles. The molecule has 0 aromatic rings. The van der Waals surface area contributed by atoms with Crippen molar-refractivity contribution < 1.29 is 54.0 Å². The molecule has 4 atom stereocenters. The Morgan fingerprint density at radius 3 is 2.27 bits per heavy atom. The minimum atomic E-state index is -1.10. The Hall–Kier alpha value is -0.430. The van der Waals surface area contributed by atoms with E-state index in [2.05, 4.69) is 30.9 Å². The molecule has 2 fully saturated rings. The first kappa shape index (κ1) is 27.6. The van der Waals surface area contributed by atoms with Crippen molar-refractivity contribution in [1.29, 1.82) is 0 Å². The molecule has 30 heavy (non-hydrogen) atoms. The first-order valence-corrected chi connectivity index (χ1v) is 11.3. The van der Waals surface area contributed by atoms with Crippen LogP contribution in [0.5, 0.6) is 0 Å². The molecule has 2 aliphatic heterocycles. The SMILES string of the molecule is C=CCC/C=C\C=C/CCCCCCC1CCC([C@@H]2CC[C@@H](CC(=O)[O-])OO2)O1.[Na+]. The number of carbonyl (C=O) groups is 1. The van der Waals surface area contributed by atoms with Crippen molar-refractivity contribution in [2.75, 3.05) is 0 Å². The molecule has 2 unspecified atom stereocenters. The fraction of sp³-hybridized carbons (Fsp3) is 0.708. The monoisotopic (exact) mass is 428 g/mol. The van der Waals surface area contributed by atoms with Crippen LogP contribution in [-0.4, -0.2) is 30.4 Å². The standard InChI is InChI=1S/C24H38O5.Na/c1-2-3-4-5-6-7-8-9-10-11-12-13-14-20-15-17-22(27-20)23-18-16-21(28-29-23)19-24(25)26;/h2,5-8,20-23H,1,3-4,9-19H2,(H,25,26);/q;+1/p-1/b6-5-,8-7-;/t20?,21-,22?,23-;/m0./s1. The Labute approximate surface area is 204 Å². The normalized spacial score (nSPS) is 26.8. The van der Waals surface area contributed by atoms with Crippen molar-refractivity contribution in [3.05, 3.63) is 37.0 Å². The van der Waals surface area contributed by atoms with E-state index in [1.165, 1.54) is 25.7 Å². The van der Waals surface area contributed by atoms with Gasteiger partial charge in [-0.2, -0.15) is 0 Å². The summed E-state index contributed by atoms with van der Waals surface area (Å²) in [4.78, 5) is 21.2. The van der Waals surface area contributed by atoms with E-state index in [4.69, 9.17) is 14.5 Å². The molecule has 2 rings (SSSR count). The van der Waals surface area contributed by atoms with Crippen molar-refractivity contribution in [3.8, 4) is 0 Å². The Kier molecular flexibility index (Phi) is 15.8. The van der Waals surface area contributed by atoms with Crippen LogP contribution in [0.4, 0.5) is 0 Å². The van der Waals surface area contributed by atoms with Gasteiger partial charge in [0.15, 0.2) is 0 Å². The number of hydrogen-bond donors (Lipinski definition) is 0. The summed E-state index contributed by atoms with van der Waals surface area (Å²) in [7, 11) is 0. The van der Waals surface area contributed by atoms with Gasteiger partial charge in [-0.15, -0.1) is 6.58 Å². The average Bonchev–Trinajstić information content (AvgIpc) is 3.18. The maximum atomic E-state index is 10.6. The molecular weight excluding hydrogens is 391 g/mol. The van der Waals surface area contributed by atoms with Crippen LogP contribution in [-0.2, 0) is 19.3 Å². The van der Waals surface area contributed by atoms with Gasteiger partial charge in [-0.3, -0.25) is 0 Å². The third kappa shape index (κ3) is 11.8. The Bertz CT molecular complexity index is 526. The predicted octanol–water partition coefficient (Wildman–Crippen LogP) is 1.58. The molecule has 0 amide bonds. The van der Waals surface area contributed by atoms with Gasteiger partial charge in [0.1, 0.15) is 6.10 Å². The van der Waals surface area contributed by atoms with E-state index < -0.39 is 12.1 Å². The molecule has 2 heterocycles. The van der Waals surface area contributed by atoms with Gasteiger partial charge in [-0.1, -0.05) is 49.6 Å². The molecule has 0 aromatic carbocycles. The molecule has 0 N–H and O–H groups in total. The molecule has 6 heteroatoms. The van der Waals surface area contributed by atoms with Gasteiger partial charge >= 0.3 is 29.6 Å². The number of hydrogen-bond acceptors (Lipinski definition) is 5. The van der Waals surface area contributed by atoms with Crippen LogP contribution >= 0.6 is 0 Å². The number of ether oxygens (including phenoxy) is 1. The molecule has 0 aromatic heterocycles. The minimum absolute atomic E-state index is 0. The number of carbonyl (C=O) groups excluding carboxylic acids is 1. The van der Waals surface area contributed by atoms with Gasteiger partial charge in [0.2, 0.25) is 0 Å². The fourth-order valence-corrected chi connectivity index (χ4v) is 3.94. The Balaban J connectivity index is 0.00000450. The smallest absolute Gasteiger partial charge is 0.550 e. The second-order valence-corrected chi connectivity index (χ2v) is 8.09. The van der Waals surface area contributed by atoms with E-state index in [0.717, 1.165) is 44.9 Å². The Morgan fingerprint density at radius 1 is 0.867 bits per heavy atom. The largest absolute Gasteiger partial charge is 1.00 e. The molecule has 0 aliphatic carbocycles. The van der Waals surface area contributed by atoms with Crippen LogP contribution in [0.2, 0.25) is 0 Å². The maximum absolute atomic E-state index is 10.6. The summed E-state index contributed by atoms with van der Waals surface area (Å²) in [5.74, 6) is -1.10. The summed E-state index contributed by atoms with van der Waals surface area (Å²) in [5.41, 5.74) is 0. The molecule has 164 valence electrons. The Morgan fingerprint density at radius 2 is 1.57 bits per heavy atom. The van der Waals surface area contributed by atoms with E-state index in [-0.39, 0.29) is 48.2 Å². The summed E-state index contributed by atoms with van der Waals surface area (Å²) in [6.07, 6.45) is 23.4. The van der Waals surface area contributed by atoms with E-state index in [9.17, 15) is 9.90 Å². The third-order valence-corrected chi connectivity index (χ3v) is 5.61. The zero-order valence-electron chi connectivity index (χ0n) is 18.6. The number of allylic oxidation sites excluding steroid dienone is 5. The zero-order chi connectivity index (χ0) is 20.7. The van der Waals surface area contributed by atoms with Crippen molar-refractivity contribution in [1.82, 2.24) is 0 Å². The predicted molar refractivity (Wildman–Crippen MR) is 112 cm³/mol. The molecule has 2 saturated heterocycles. The van der Waals surface area contributed by atoms with Gasteiger partial charge in [0.25, 0.3) is 0 Å². The second-order valence-electron chi connectivity index (χ2n) is 8.09. The van der Waals surface area contributed by atoms with E-state index in [1.807, 2.05) is 6.08 Å². The molecule has 0 spiro atoms. The molecular formula is C24H37NaO5. The summed E-state index contributed by atoms with van der Waals surface area (Å²) >= 11 is 0. The molecule has 5 nitrogen and oxygen atoms in total. The van der Waals surface area contributed by atoms with Crippen molar-refractivity contribution >= 4 is 5.97 Å². The molecule has 0 bridgehead atoms. The summed E-state index contributed by atoms with van der Waals surface area (Å²) in [5, 5.41) is 10.6. The average molecular weight is 429 g/mol. The summed E-state index contributed by atoms with van der Waals surface area (Å²) in [6, 6.07) is 0. The first-order valence-electron chi connectivity index (χ1n) is 11.3. The van der Waals surface area contributed by atoms with E-state index >= 15 is 0 Å². The number of carboxylic acid groups (broad SMARTS) is 1. The number of aliphatic carboxylic acids is 1. The fourth-order valence-electron chi connectivity index (χ4n) is 3.94. The van der Waals surface area contributed by atoms with Gasteiger partial charge in [-0.25, -0.2) is 9.78 Å². The van der Waals surface area contributed by atoms with Crippen molar-refractivity contribution in [2.24, 2.45) is 0 Å². The molecule has 0 radical (unpaired) electrons. The first-order chi connectivity index (χ1) is 14.2.